The minimum Gasteiger partial charge on any atom is -0.497 e. The number of methoxy groups -OCH3 is 1. The molecule has 1 fully saturated rings. The van der Waals surface area contributed by atoms with Crippen LogP contribution in [0.5, 0.6) is 5.75 Å². The van der Waals surface area contributed by atoms with Crippen molar-refractivity contribution in [1.82, 2.24) is 4.90 Å². The fraction of sp³-hybridized carbons (Fsp3) is 0.500. The summed E-state index contributed by atoms with van der Waals surface area (Å²) in [5.74, 6) is -0.660. The van der Waals surface area contributed by atoms with E-state index < -0.39 is 11.9 Å². The van der Waals surface area contributed by atoms with Crippen molar-refractivity contribution in [3.63, 3.8) is 0 Å². The number of piperidine rings is 1. The van der Waals surface area contributed by atoms with Gasteiger partial charge < -0.3 is 14.7 Å². The molecule has 0 bridgehead atoms. The summed E-state index contributed by atoms with van der Waals surface area (Å²) in [5, 5.41) is 9.25. The molecule has 0 radical (unpaired) electrons. The number of hydrogen-bond donors (Lipinski definition) is 1. The SMILES string of the molecule is COc1ccc(Br)c(CC(=O)N2CCC[C@H](C(=O)O)[C@@H]2C)c1. The number of ether oxygens (including phenoxy) is 1. The van der Waals surface area contributed by atoms with E-state index >= 15 is 0 Å². The molecule has 2 rings (SSSR count). The Morgan fingerprint density at radius 3 is 2.82 bits per heavy atom. The van der Waals surface area contributed by atoms with Gasteiger partial charge in [0, 0.05) is 17.1 Å². The molecule has 1 aliphatic rings. The van der Waals surface area contributed by atoms with E-state index in [2.05, 4.69) is 15.9 Å². The number of nitrogens with zero attached hydrogens (tertiary/aromatic N) is 1. The van der Waals surface area contributed by atoms with Crippen LogP contribution >= 0.6 is 15.9 Å². The second-order valence-corrected chi connectivity index (χ2v) is 6.40. The number of amides is 1. The van der Waals surface area contributed by atoms with Crippen LogP contribution < -0.4 is 4.74 Å². The van der Waals surface area contributed by atoms with Gasteiger partial charge in [-0.2, -0.15) is 0 Å². The third kappa shape index (κ3) is 3.61. The van der Waals surface area contributed by atoms with Gasteiger partial charge in [0.25, 0.3) is 0 Å². The Kier molecular flexibility index (Phi) is 5.45. The minimum atomic E-state index is -0.826. The van der Waals surface area contributed by atoms with Gasteiger partial charge in [0.1, 0.15) is 5.75 Å². The van der Waals surface area contributed by atoms with Gasteiger partial charge in [0.05, 0.1) is 19.4 Å². The monoisotopic (exact) mass is 369 g/mol. The summed E-state index contributed by atoms with van der Waals surface area (Å²) in [4.78, 5) is 25.5. The number of carboxylic acid groups (broad SMARTS) is 1. The zero-order chi connectivity index (χ0) is 16.3. The second kappa shape index (κ2) is 7.13. The lowest BCUT2D eigenvalue weighted by atomic mass is 9.90. The Bertz CT molecular complexity index is 575. The summed E-state index contributed by atoms with van der Waals surface area (Å²) in [7, 11) is 1.58. The molecule has 6 heteroatoms. The molecule has 5 nitrogen and oxygen atoms in total. The molecule has 1 amide bonds. The Hall–Kier alpha value is -1.56. The van der Waals surface area contributed by atoms with E-state index in [0.29, 0.717) is 18.7 Å². The van der Waals surface area contributed by atoms with Crippen molar-refractivity contribution in [2.24, 2.45) is 5.92 Å². The average Bonchev–Trinajstić information content (AvgIpc) is 2.49. The van der Waals surface area contributed by atoms with Crippen molar-refractivity contribution in [1.29, 1.82) is 0 Å². The third-order valence-electron chi connectivity index (χ3n) is 4.22. The quantitative estimate of drug-likeness (QED) is 0.885. The van der Waals surface area contributed by atoms with Gasteiger partial charge >= 0.3 is 5.97 Å². The molecule has 1 heterocycles. The van der Waals surface area contributed by atoms with E-state index in [4.69, 9.17) is 4.74 Å². The van der Waals surface area contributed by atoms with Gasteiger partial charge in [0.15, 0.2) is 0 Å². The lowest BCUT2D eigenvalue weighted by Gasteiger charge is -2.37. The second-order valence-electron chi connectivity index (χ2n) is 5.55. The molecule has 0 aliphatic carbocycles. The van der Waals surface area contributed by atoms with Crippen molar-refractivity contribution in [2.75, 3.05) is 13.7 Å². The standard InChI is InChI=1S/C16H20BrNO4/c1-10-13(16(20)21)4-3-7-18(10)15(19)9-11-8-12(22-2)5-6-14(11)17/h5-6,8,10,13H,3-4,7,9H2,1-2H3,(H,20,21)/t10-,13-/m0/s1. The lowest BCUT2D eigenvalue weighted by Crippen LogP contribution is -2.49. The maximum atomic E-state index is 12.6. The molecular weight excluding hydrogens is 350 g/mol. The lowest BCUT2D eigenvalue weighted by molar-refractivity contribution is -0.148. The van der Waals surface area contributed by atoms with Gasteiger partial charge in [-0.1, -0.05) is 15.9 Å². The van der Waals surface area contributed by atoms with Crippen molar-refractivity contribution >= 4 is 27.8 Å². The topological polar surface area (TPSA) is 66.8 Å². The van der Waals surface area contributed by atoms with Crippen molar-refractivity contribution in [3.8, 4) is 5.75 Å². The number of halogens is 1. The first kappa shape index (κ1) is 16.8. The predicted octanol–water partition coefficient (Wildman–Crippen LogP) is 2.71. The number of carbonyl (C=O) groups is 2. The predicted molar refractivity (Wildman–Crippen MR) is 85.9 cm³/mol. The molecule has 120 valence electrons. The van der Waals surface area contributed by atoms with Gasteiger partial charge in [-0.25, -0.2) is 0 Å². The van der Waals surface area contributed by atoms with Crippen LogP contribution in [0, 0.1) is 5.92 Å². The maximum absolute atomic E-state index is 12.6. The molecule has 0 aromatic heterocycles. The fourth-order valence-corrected chi connectivity index (χ4v) is 3.29. The highest BCUT2D eigenvalue weighted by Gasteiger charge is 2.35. The number of aliphatic carboxylic acids is 1. The molecule has 1 aromatic carbocycles. The zero-order valence-electron chi connectivity index (χ0n) is 12.7. The molecule has 0 spiro atoms. The summed E-state index contributed by atoms with van der Waals surface area (Å²) in [5.41, 5.74) is 0.842. The molecule has 22 heavy (non-hydrogen) atoms. The number of benzene rings is 1. The Labute approximate surface area is 138 Å². The summed E-state index contributed by atoms with van der Waals surface area (Å²) >= 11 is 3.44. The summed E-state index contributed by atoms with van der Waals surface area (Å²) in [6.07, 6.45) is 1.59. The third-order valence-corrected chi connectivity index (χ3v) is 4.99. The Morgan fingerprint density at radius 2 is 2.18 bits per heavy atom. The number of carboxylic acids is 1. The number of hydrogen-bond acceptors (Lipinski definition) is 3. The van der Waals surface area contributed by atoms with Crippen molar-refractivity contribution < 1.29 is 19.4 Å². The van der Waals surface area contributed by atoms with Crippen LogP contribution in [0.1, 0.15) is 25.3 Å². The molecule has 1 aromatic rings. The Morgan fingerprint density at radius 1 is 1.45 bits per heavy atom. The van der Waals surface area contributed by atoms with Crippen LogP contribution in [0.2, 0.25) is 0 Å². The van der Waals surface area contributed by atoms with Crippen LogP contribution in [-0.4, -0.2) is 41.6 Å². The van der Waals surface area contributed by atoms with Crippen LogP contribution in [0.15, 0.2) is 22.7 Å². The molecular formula is C16H20BrNO4. The Balaban J connectivity index is 2.13. The summed E-state index contributed by atoms with van der Waals surface area (Å²) in [6, 6.07) is 5.22. The largest absolute Gasteiger partial charge is 0.497 e. The number of likely N-dealkylation sites (tertiary alicyclic amines) is 1. The van der Waals surface area contributed by atoms with Crippen LogP contribution in [0.4, 0.5) is 0 Å². The zero-order valence-corrected chi connectivity index (χ0v) is 14.3. The van der Waals surface area contributed by atoms with E-state index in [9.17, 15) is 14.7 Å². The first-order valence-corrected chi connectivity index (χ1v) is 8.08. The first-order valence-electron chi connectivity index (χ1n) is 7.28. The first-order chi connectivity index (χ1) is 10.4. The highest BCUT2D eigenvalue weighted by Crippen LogP contribution is 2.27. The normalized spacial score (nSPS) is 21.5. The van der Waals surface area contributed by atoms with Crippen LogP contribution in [0.25, 0.3) is 0 Å². The average molecular weight is 370 g/mol. The molecule has 2 atom stereocenters. The molecule has 1 aliphatic heterocycles. The van der Waals surface area contributed by atoms with Gasteiger partial charge in [-0.3, -0.25) is 9.59 Å². The molecule has 1 N–H and O–H groups in total. The van der Waals surface area contributed by atoms with E-state index in [1.54, 1.807) is 12.0 Å². The van der Waals surface area contributed by atoms with E-state index in [-0.39, 0.29) is 18.4 Å². The number of rotatable bonds is 4. The van der Waals surface area contributed by atoms with E-state index in [1.807, 2.05) is 25.1 Å². The highest BCUT2D eigenvalue weighted by atomic mass is 79.9. The minimum absolute atomic E-state index is 0.0487. The van der Waals surface area contributed by atoms with Crippen molar-refractivity contribution in [2.45, 2.75) is 32.2 Å². The molecule has 0 unspecified atom stereocenters. The van der Waals surface area contributed by atoms with Crippen LogP contribution in [0.3, 0.4) is 0 Å². The number of carbonyl (C=O) groups excluding carboxylic acids is 1. The molecule has 0 saturated carbocycles. The van der Waals surface area contributed by atoms with Gasteiger partial charge in [-0.05, 0) is 43.5 Å². The highest BCUT2D eigenvalue weighted by molar-refractivity contribution is 9.10. The van der Waals surface area contributed by atoms with Gasteiger partial charge in [-0.15, -0.1) is 0 Å². The van der Waals surface area contributed by atoms with E-state index in [0.717, 1.165) is 16.5 Å². The van der Waals surface area contributed by atoms with E-state index in [1.165, 1.54) is 0 Å². The molecule has 1 saturated heterocycles. The van der Waals surface area contributed by atoms with Crippen molar-refractivity contribution in [3.05, 3.63) is 28.2 Å². The summed E-state index contributed by atoms with van der Waals surface area (Å²) in [6.45, 7) is 2.43. The fourth-order valence-electron chi connectivity index (χ4n) is 2.90. The smallest absolute Gasteiger partial charge is 0.308 e. The van der Waals surface area contributed by atoms with Gasteiger partial charge in [0.2, 0.25) is 5.91 Å². The van der Waals surface area contributed by atoms with Crippen LogP contribution in [-0.2, 0) is 16.0 Å². The summed E-state index contributed by atoms with van der Waals surface area (Å²) < 4.78 is 6.03. The maximum Gasteiger partial charge on any atom is 0.308 e.